The molecule has 0 radical (unpaired) electrons. The molecule has 1 heterocycles. The minimum absolute atomic E-state index is 0.0184. The third-order valence-electron chi connectivity index (χ3n) is 6.52. The van der Waals surface area contributed by atoms with Crippen molar-refractivity contribution in [3.05, 3.63) is 102 Å². The van der Waals surface area contributed by atoms with Crippen LogP contribution in [0.15, 0.2) is 84.9 Å². The fourth-order valence-electron chi connectivity index (χ4n) is 4.25. The summed E-state index contributed by atoms with van der Waals surface area (Å²) in [7, 11) is 0. The quantitative estimate of drug-likeness (QED) is 0.259. The van der Waals surface area contributed by atoms with Crippen LogP contribution in [0.5, 0.6) is 0 Å². The van der Waals surface area contributed by atoms with E-state index in [1.54, 1.807) is 27.8 Å². The van der Waals surface area contributed by atoms with E-state index < -0.39 is 0 Å². The van der Waals surface area contributed by atoms with Crippen molar-refractivity contribution >= 4 is 17.6 Å². The van der Waals surface area contributed by atoms with Crippen LogP contribution in [0.4, 0.5) is 10.2 Å². The highest BCUT2D eigenvalue weighted by molar-refractivity contribution is 5.99. The molecule has 7 heteroatoms. The number of aromatic nitrogens is 2. The Kier molecular flexibility index (Phi) is 8.59. The number of benzene rings is 3. The molecule has 0 spiro atoms. The van der Waals surface area contributed by atoms with Crippen molar-refractivity contribution in [2.24, 2.45) is 0 Å². The topological polar surface area (TPSA) is 67.2 Å². The summed E-state index contributed by atoms with van der Waals surface area (Å²) in [5.41, 5.74) is 3.82. The molecule has 4 aromatic rings. The Morgan fingerprint density at radius 1 is 0.949 bits per heavy atom. The zero-order valence-corrected chi connectivity index (χ0v) is 22.9. The first-order valence-corrected chi connectivity index (χ1v) is 13.3. The van der Waals surface area contributed by atoms with Crippen LogP contribution in [0.1, 0.15) is 56.5 Å². The molecule has 202 valence electrons. The lowest BCUT2D eigenvalue weighted by atomic mass is 9.86. The maximum Gasteiger partial charge on any atom is 0.254 e. The van der Waals surface area contributed by atoms with Crippen LogP contribution in [-0.4, -0.2) is 39.6 Å². The van der Waals surface area contributed by atoms with Crippen LogP contribution in [0.3, 0.4) is 0 Å². The van der Waals surface area contributed by atoms with Gasteiger partial charge < -0.3 is 10.2 Å². The number of nitrogens with one attached hydrogen (secondary N) is 1. The van der Waals surface area contributed by atoms with Gasteiger partial charge in [-0.2, -0.15) is 5.10 Å². The number of rotatable bonds is 9. The minimum Gasteiger partial charge on any atom is -0.329 e. The smallest absolute Gasteiger partial charge is 0.254 e. The van der Waals surface area contributed by atoms with Gasteiger partial charge in [0.05, 0.1) is 11.4 Å². The first-order chi connectivity index (χ1) is 18.7. The van der Waals surface area contributed by atoms with E-state index in [0.29, 0.717) is 29.3 Å². The van der Waals surface area contributed by atoms with Crippen LogP contribution in [0.25, 0.3) is 16.9 Å². The van der Waals surface area contributed by atoms with Gasteiger partial charge in [0.15, 0.2) is 0 Å². The minimum atomic E-state index is -0.361. The van der Waals surface area contributed by atoms with E-state index in [4.69, 9.17) is 0 Å². The molecule has 4 rings (SSSR count). The van der Waals surface area contributed by atoms with Crippen molar-refractivity contribution in [1.82, 2.24) is 14.7 Å². The molecular weight excluding hydrogens is 491 g/mol. The summed E-state index contributed by atoms with van der Waals surface area (Å²) in [6.45, 7) is 8.79. The van der Waals surface area contributed by atoms with Gasteiger partial charge in [-0.1, -0.05) is 76.6 Å². The highest BCUT2D eigenvalue weighted by atomic mass is 19.1. The van der Waals surface area contributed by atoms with E-state index in [1.807, 2.05) is 61.5 Å². The summed E-state index contributed by atoms with van der Waals surface area (Å²) in [5.74, 6) is -0.451. The lowest BCUT2D eigenvalue weighted by Gasteiger charge is -2.23. The van der Waals surface area contributed by atoms with Gasteiger partial charge >= 0.3 is 0 Å². The molecule has 0 saturated carbocycles. The average molecular weight is 527 g/mol. The number of carbonyl (C=O) groups is 2. The summed E-state index contributed by atoms with van der Waals surface area (Å²) in [5, 5.41) is 7.60. The van der Waals surface area contributed by atoms with E-state index in [1.165, 1.54) is 12.1 Å². The largest absolute Gasteiger partial charge is 0.329 e. The Labute approximate surface area is 229 Å². The zero-order chi connectivity index (χ0) is 28.0. The molecular formula is C32H35FN4O2. The third-order valence-corrected chi connectivity index (χ3v) is 6.52. The Balaban J connectivity index is 1.57. The standard InChI is InChI=1S/C32H35FN4O2/c1-5-6-20-36(31(39)24-12-14-25(15-13-24)32(2,3)4)22-30(38)34-29-21-28(23-10-8-7-9-11-23)35-37(29)27-18-16-26(33)17-19-27/h7-19,21H,5-6,20,22H2,1-4H3,(H,34,38). The maximum atomic E-state index is 13.6. The Morgan fingerprint density at radius 3 is 2.23 bits per heavy atom. The monoisotopic (exact) mass is 526 g/mol. The summed E-state index contributed by atoms with van der Waals surface area (Å²) < 4.78 is 15.2. The van der Waals surface area contributed by atoms with Crippen molar-refractivity contribution in [1.29, 1.82) is 0 Å². The van der Waals surface area contributed by atoms with Crippen LogP contribution in [0.2, 0.25) is 0 Å². The van der Waals surface area contributed by atoms with E-state index in [9.17, 15) is 14.0 Å². The predicted molar refractivity (Wildman–Crippen MR) is 154 cm³/mol. The molecule has 0 unspecified atom stereocenters. The number of carbonyl (C=O) groups excluding carboxylic acids is 2. The number of anilines is 1. The molecule has 6 nitrogen and oxygen atoms in total. The first kappa shape index (κ1) is 27.8. The van der Waals surface area contributed by atoms with Crippen LogP contribution < -0.4 is 5.32 Å². The predicted octanol–water partition coefficient (Wildman–Crippen LogP) is 6.86. The van der Waals surface area contributed by atoms with E-state index in [0.717, 1.165) is 24.0 Å². The molecule has 0 saturated heterocycles. The highest BCUT2D eigenvalue weighted by Crippen LogP contribution is 2.25. The van der Waals surface area contributed by atoms with Gasteiger partial charge in [0, 0.05) is 23.7 Å². The second-order valence-electron chi connectivity index (χ2n) is 10.6. The van der Waals surface area contributed by atoms with E-state index in [-0.39, 0.29) is 29.6 Å². The molecule has 1 aromatic heterocycles. The summed E-state index contributed by atoms with van der Waals surface area (Å²) in [6, 6.07) is 24.9. The molecule has 2 amide bonds. The molecule has 1 N–H and O–H groups in total. The number of hydrogen-bond acceptors (Lipinski definition) is 3. The molecule has 0 aliphatic carbocycles. The summed E-state index contributed by atoms with van der Waals surface area (Å²) in [6.07, 6.45) is 1.68. The van der Waals surface area contributed by atoms with Crippen molar-refractivity contribution < 1.29 is 14.0 Å². The fourth-order valence-corrected chi connectivity index (χ4v) is 4.25. The zero-order valence-electron chi connectivity index (χ0n) is 22.9. The number of amides is 2. The Bertz CT molecular complexity index is 1410. The van der Waals surface area contributed by atoms with E-state index >= 15 is 0 Å². The normalized spacial score (nSPS) is 11.3. The number of halogens is 1. The van der Waals surface area contributed by atoms with Crippen LogP contribution in [-0.2, 0) is 10.2 Å². The van der Waals surface area contributed by atoms with Crippen LogP contribution in [0, 0.1) is 5.82 Å². The molecule has 3 aromatic carbocycles. The van der Waals surface area contributed by atoms with Gasteiger partial charge in [-0.05, 0) is 53.8 Å². The summed E-state index contributed by atoms with van der Waals surface area (Å²) in [4.78, 5) is 28.3. The Hall–Kier alpha value is -4.26. The lowest BCUT2D eigenvalue weighted by Crippen LogP contribution is -2.39. The lowest BCUT2D eigenvalue weighted by molar-refractivity contribution is -0.117. The second-order valence-corrected chi connectivity index (χ2v) is 10.6. The van der Waals surface area contributed by atoms with Crippen LogP contribution >= 0.6 is 0 Å². The molecule has 0 aliphatic rings. The van der Waals surface area contributed by atoms with Crippen molar-refractivity contribution in [3.63, 3.8) is 0 Å². The van der Waals surface area contributed by atoms with Gasteiger partial charge in [-0.15, -0.1) is 0 Å². The van der Waals surface area contributed by atoms with Gasteiger partial charge in [0.1, 0.15) is 18.2 Å². The van der Waals surface area contributed by atoms with Gasteiger partial charge in [-0.25, -0.2) is 9.07 Å². The molecule has 0 atom stereocenters. The Morgan fingerprint density at radius 2 is 1.62 bits per heavy atom. The third kappa shape index (κ3) is 6.99. The van der Waals surface area contributed by atoms with Crippen molar-refractivity contribution in [2.45, 2.75) is 46.0 Å². The highest BCUT2D eigenvalue weighted by Gasteiger charge is 2.21. The van der Waals surface area contributed by atoms with Crippen molar-refractivity contribution in [3.8, 4) is 16.9 Å². The SMILES string of the molecule is CCCCN(CC(=O)Nc1cc(-c2ccccc2)nn1-c1ccc(F)cc1)C(=O)c1ccc(C(C)(C)C)cc1. The average Bonchev–Trinajstić information content (AvgIpc) is 3.34. The first-order valence-electron chi connectivity index (χ1n) is 13.3. The van der Waals surface area contributed by atoms with Crippen molar-refractivity contribution in [2.75, 3.05) is 18.4 Å². The van der Waals surface area contributed by atoms with Gasteiger partial charge in [-0.3, -0.25) is 9.59 Å². The molecule has 0 fully saturated rings. The number of unbranched alkanes of at least 4 members (excludes halogenated alkanes) is 1. The number of hydrogen-bond donors (Lipinski definition) is 1. The summed E-state index contributed by atoms with van der Waals surface area (Å²) >= 11 is 0. The van der Waals surface area contributed by atoms with Gasteiger partial charge in [0.2, 0.25) is 5.91 Å². The number of nitrogens with zero attached hydrogens (tertiary/aromatic N) is 3. The van der Waals surface area contributed by atoms with E-state index in [2.05, 4.69) is 31.2 Å². The van der Waals surface area contributed by atoms with Gasteiger partial charge in [0.25, 0.3) is 5.91 Å². The second kappa shape index (κ2) is 12.1. The molecule has 39 heavy (non-hydrogen) atoms. The fraction of sp³-hybridized carbons (Fsp3) is 0.281. The molecule has 0 aliphatic heterocycles. The molecule has 0 bridgehead atoms. The maximum absolute atomic E-state index is 13.6.